The molecule has 17 heavy (non-hydrogen) atoms. The van der Waals surface area contributed by atoms with Crippen molar-refractivity contribution in [3.63, 3.8) is 0 Å². The zero-order valence-corrected chi connectivity index (χ0v) is 9.98. The maximum atomic E-state index is 4.40. The number of hydrogen-bond acceptors (Lipinski definition) is 4. The summed E-state index contributed by atoms with van der Waals surface area (Å²) in [5, 5.41) is 11.0. The van der Waals surface area contributed by atoms with E-state index in [9.17, 15) is 0 Å². The van der Waals surface area contributed by atoms with Gasteiger partial charge >= 0.3 is 0 Å². The summed E-state index contributed by atoms with van der Waals surface area (Å²) in [5.41, 5.74) is 2.07. The van der Waals surface area contributed by atoms with Crippen molar-refractivity contribution >= 4 is 11.6 Å². The molecule has 0 spiro atoms. The molecule has 90 valence electrons. The minimum absolute atomic E-state index is 0.702. The largest absolute Gasteiger partial charge is 0.352 e. The number of rotatable bonds is 5. The SMILES string of the molecule is Cc1ccc2nc(NCCNC3CC3)nn2c1. The van der Waals surface area contributed by atoms with Crippen LogP contribution in [0.3, 0.4) is 0 Å². The van der Waals surface area contributed by atoms with E-state index < -0.39 is 0 Å². The number of fused-ring (bicyclic) bond motifs is 1. The molecular formula is C12H17N5. The molecule has 0 amide bonds. The van der Waals surface area contributed by atoms with Crippen molar-refractivity contribution in [1.82, 2.24) is 19.9 Å². The second kappa shape index (κ2) is 4.33. The maximum Gasteiger partial charge on any atom is 0.243 e. The summed E-state index contributed by atoms with van der Waals surface area (Å²) in [6.07, 6.45) is 4.63. The molecule has 5 heteroatoms. The van der Waals surface area contributed by atoms with Crippen LogP contribution in [0, 0.1) is 6.92 Å². The van der Waals surface area contributed by atoms with Crippen LogP contribution >= 0.6 is 0 Å². The molecular weight excluding hydrogens is 214 g/mol. The van der Waals surface area contributed by atoms with Crippen molar-refractivity contribution in [3.8, 4) is 0 Å². The first-order chi connectivity index (χ1) is 8.31. The Labute approximate surface area is 100 Å². The Balaban J connectivity index is 1.60. The van der Waals surface area contributed by atoms with Gasteiger partial charge in [-0.25, -0.2) is 4.52 Å². The van der Waals surface area contributed by atoms with Crippen molar-refractivity contribution < 1.29 is 0 Å². The molecule has 0 bridgehead atoms. The Hall–Kier alpha value is -1.62. The van der Waals surface area contributed by atoms with Crippen molar-refractivity contribution in [2.45, 2.75) is 25.8 Å². The third kappa shape index (κ3) is 2.55. The molecule has 5 nitrogen and oxygen atoms in total. The third-order valence-corrected chi connectivity index (χ3v) is 2.90. The topological polar surface area (TPSA) is 54.2 Å². The Bertz CT molecular complexity index is 515. The summed E-state index contributed by atoms with van der Waals surface area (Å²) >= 11 is 0. The molecule has 1 fully saturated rings. The average molecular weight is 231 g/mol. The van der Waals surface area contributed by atoms with Crippen LogP contribution in [0.2, 0.25) is 0 Å². The number of nitrogens with one attached hydrogen (secondary N) is 2. The smallest absolute Gasteiger partial charge is 0.243 e. The predicted molar refractivity (Wildman–Crippen MR) is 67.2 cm³/mol. The van der Waals surface area contributed by atoms with Gasteiger partial charge in [0.1, 0.15) is 0 Å². The van der Waals surface area contributed by atoms with E-state index in [0.717, 1.165) is 24.8 Å². The number of anilines is 1. The van der Waals surface area contributed by atoms with Crippen LogP contribution in [-0.2, 0) is 0 Å². The highest BCUT2D eigenvalue weighted by atomic mass is 15.3. The van der Waals surface area contributed by atoms with Crippen LogP contribution in [-0.4, -0.2) is 33.7 Å². The first kappa shape index (κ1) is 10.5. The maximum absolute atomic E-state index is 4.40. The summed E-state index contributed by atoms with van der Waals surface area (Å²) in [6.45, 7) is 3.89. The van der Waals surface area contributed by atoms with E-state index in [2.05, 4.69) is 20.7 Å². The summed E-state index contributed by atoms with van der Waals surface area (Å²) in [4.78, 5) is 4.40. The molecule has 1 saturated carbocycles. The number of hydrogen-bond donors (Lipinski definition) is 2. The normalized spacial score (nSPS) is 15.4. The Kier molecular flexibility index (Phi) is 2.68. The molecule has 0 aromatic carbocycles. The highest BCUT2D eigenvalue weighted by Crippen LogP contribution is 2.17. The van der Waals surface area contributed by atoms with Gasteiger partial charge in [-0.15, -0.1) is 5.10 Å². The lowest BCUT2D eigenvalue weighted by atomic mass is 10.3. The van der Waals surface area contributed by atoms with Gasteiger partial charge in [0.2, 0.25) is 5.95 Å². The number of nitrogens with zero attached hydrogens (tertiary/aromatic N) is 3. The molecule has 2 N–H and O–H groups in total. The van der Waals surface area contributed by atoms with Gasteiger partial charge in [0.25, 0.3) is 0 Å². The molecule has 2 aromatic heterocycles. The second-order valence-corrected chi connectivity index (χ2v) is 4.60. The van der Waals surface area contributed by atoms with Gasteiger partial charge in [-0.3, -0.25) is 0 Å². The lowest BCUT2D eigenvalue weighted by molar-refractivity contribution is 0.699. The highest BCUT2D eigenvalue weighted by molar-refractivity contribution is 5.44. The Morgan fingerprint density at radius 1 is 1.35 bits per heavy atom. The fourth-order valence-corrected chi connectivity index (χ4v) is 1.80. The Morgan fingerprint density at radius 2 is 2.24 bits per heavy atom. The summed E-state index contributed by atoms with van der Waals surface area (Å²) in [5.74, 6) is 0.702. The summed E-state index contributed by atoms with van der Waals surface area (Å²) in [6, 6.07) is 4.78. The van der Waals surface area contributed by atoms with E-state index in [1.54, 1.807) is 0 Å². The van der Waals surface area contributed by atoms with Gasteiger partial charge in [0.15, 0.2) is 5.65 Å². The van der Waals surface area contributed by atoms with E-state index in [1.165, 1.54) is 18.4 Å². The minimum Gasteiger partial charge on any atom is -0.352 e. The zero-order chi connectivity index (χ0) is 11.7. The molecule has 0 radical (unpaired) electrons. The quantitative estimate of drug-likeness (QED) is 0.759. The lowest BCUT2D eigenvalue weighted by Crippen LogP contribution is -2.24. The van der Waals surface area contributed by atoms with Crippen molar-refractivity contribution in [3.05, 3.63) is 23.9 Å². The predicted octanol–water partition coefficient (Wildman–Crippen LogP) is 1.20. The van der Waals surface area contributed by atoms with Crippen molar-refractivity contribution in [2.24, 2.45) is 0 Å². The van der Waals surface area contributed by atoms with Gasteiger partial charge in [0.05, 0.1) is 0 Å². The molecule has 2 aromatic rings. The van der Waals surface area contributed by atoms with E-state index in [-0.39, 0.29) is 0 Å². The fourth-order valence-electron chi connectivity index (χ4n) is 1.80. The first-order valence-corrected chi connectivity index (χ1v) is 6.11. The van der Waals surface area contributed by atoms with Crippen molar-refractivity contribution in [2.75, 3.05) is 18.4 Å². The highest BCUT2D eigenvalue weighted by Gasteiger charge is 2.19. The van der Waals surface area contributed by atoms with E-state index in [0.29, 0.717) is 5.95 Å². The average Bonchev–Trinajstić information content (AvgIpc) is 3.04. The van der Waals surface area contributed by atoms with E-state index in [1.807, 2.05) is 29.8 Å². The molecule has 2 heterocycles. The van der Waals surface area contributed by atoms with Crippen molar-refractivity contribution in [1.29, 1.82) is 0 Å². The van der Waals surface area contributed by atoms with Crippen LogP contribution in [0.4, 0.5) is 5.95 Å². The lowest BCUT2D eigenvalue weighted by Gasteiger charge is -2.02. The molecule has 0 unspecified atom stereocenters. The molecule has 1 aliphatic rings. The summed E-state index contributed by atoms with van der Waals surface area (Å²) in [7, 11) is 0. The number of pyridine rings is 1. The van der Waals surface area contributed by atoms with Crippen LogP contribution in [0.25, 0.3) is 5.65 Å². The molecule has 0 saturated heterocycles. The minimum atomic E-state index is 0.702. The van der Waals surface area contributed by atoms with E-state index >= 15 is 0 Å². The van der Waals surface area contributed by atoms with Gasteiger partial charge in [-0.1, -0.05) is 6.07 Å². The van der Waals surface area contributed by atoms with Gasteiger partial charge in [-0.2, -0.15) is 4.98 Å². The van der Waals surface area contributed by atoms with Gasteiger partial charge in [-0.05, 0) is 31.4 Å². The second-order valence-electron chi connectivity index (χ2n) is 4.60. The monoisotopic (exact) mass is 231 g/mol. The summed E-state index contributed by atoms with van der Waals surface area (Å²) < 4.78 is 1.81. The van der Waals surface area contributed by atoms with Gasteiger partial charge < -0.3 is 10.6 Å². The van der Waals surface area contributed by atoms with Gasteiger partial charge in [0, 0.05) is 25.3 Å². The number of aryl methyl sites for hydroxylation is 1. The molecule has 0 aliphatic heterocycles. The van der Waals surface area contributed by atoms with Crippen LogP contribution in [0.5, 0.6) is 0 Å². The third-order valence-electron chi connectivity index (χ3n) is 2.90. The zero-order valence-electron chi connectivity index (χ0n) is 9.98. The number of aromatic nitrogens is 3. The molecule has 1 aliphatic carbocycles. The van der Waals surface area contributed by atoms with Crippen LogP contribution in [0.15, 0.2) is 18.3 Å². The van der Waals surface area contributed by atoms with E-state index in [4.69, 9.17) is 0 Å². The molecule has 0 atom stereocenters. The van der Waals surface area contributed by atoms with Crippen LogP contribution < -0.4 is 10.6 Å². The Morgan fingerprint density at radius 3 is 3.06 bits per heavy atom. The standard InChI is InChI=1S/C12H17N5/c1-9-2-5-11-15-12(16-17(11)8-9)14-7-6-13-10-3-4-10/h2,5,8,10,13H,3-4,6-7H2,1H3,(H,14,16). The van der Waals surface area contributed by atoms with Crippen LogP contribution in [0.1, 0.15) is 18.4 Å². The fraction of sp³-hybridized carbons (Fsp3) is 0.500. The molecule has 3 rings (SSSR count). The first-order valence-electron chi connectivity index (χ1n) is 6.11.